The highest BCUT2D eigenvalue weighted by Gasteiger charge is 2.33. The van der Waals surface area contributed by atoms with Crippen LogP contribution in [-0.4, -0.2) is 17.4 Å². The van der Waals surface area contributed by atoms with Crippen LogP contribution in [0.25, 0.3) is 0 Å². The van der Waals surface area contributed by atoms with Crippen LogP contribution in [0.4, 0.5) is 5.69 Å². The van der Waals surface area contributed by atoms with Crippen LogP contribution in [0.1, 0.15) is 25.3 Å². The van der Waals surface area contributed by atoms with Crippen LogP contribution in [0.3, 0.4) is 0 Å². The van der Waals surface area contributed by atoms with E-state index in [9.17, 15) is 14.9 Å². The number of hydrogen-bond acceptors (Lipinski definition) is 5. The van der Waals surface area contributed by atoms with Crippen molar-refractivity contribution in [3.63, 3.8) is 0 Å². The maximum atomic E-state index is 12.7. The fraction of sp³-hybridized carbons (Fsp3) is 0.174. The molecule has 2 aromatic carbocycles. The second-order valence-corrected chi connectivity index (χ2v) is 10.7. The molecule has 10 heteroatoms. The smallest absolute Gasteiger partial charge is 0.234 e. The summed E-state index contributed by atoms with van der Waals surface area (Å²) in [6.45, 7) is 3.27. The van der Waals surface area contributed by atoms with Crippen LogP contribution in [0.2, 0.25) is 10.0 Å². The number of halogens is 4. The van der Waals surface area contributed by atoms with E-state index in [0.29, 0.717) is 46.6 Å². The Hall–Kier alpha value is -1.76. The van der Waals surface area contributed by atoms with Crippen molar-refractivity contribution >= 4 is 84.2 Å². The van der Waals surface area contributed by atoms with Crippen molar-refractivity contribution in [2.75, 3.05) is 11.1 Å². The molecule has 1 aliphatic rings. The lowest BCUT2D eigenvalue weighted by atomic mass is 9.81. The minimum Gasteiger partial charge on any atom is -0.353 e. The van der Waals surface area contributed by atoms with Gasteiger partial charge in [0.15, 0.2) is 5.78 Å². The van der Waals surface area contributed by atoms with Crippen LogP contribution >= 0.6 is 66.8 Å². The van der Waals surface area contributed by atoms with E-state index in [1.165, 1.54) is 18.7 Å². The van der Waals surface area contributed by atoms with Crippen molar-refractivity contribution in [2.24, 2.45) is 0 Å². The Morgan fingerprint density at radius 3 is 2.30 bits per heavy atom. The number of carbonyl (C=O) groups is 2. The molecule has 2 N–H and O–H groups in total. The van der Waals surface area contributed by atoms with Crippen molar-refractivity contribution in [1.29, 1.82) is 5.26 Å². The molecule has 0 saturated carbocycles. The van der Waals surface area contributed by atoms with E-state index in [-0.39, 0.29) is 17.4 Å². The lowest BCUT2D eigenvalue weighted by Gasteiger charge is -2.29. The Morgan fingerprint density at radius 2 is 1.76 bits per heavy atom. The van der Waals surface area contributed by atoms with Gasteiger partial charge >= 0.3 is 0 Å². The second-order valence-electron chi connectivity index (χ2n) is 7.14. The quantitative estimate of drug-likeness (QED) is 0.354. The van der Waals surface area contributed by atoms with Gasteiger partial charge < -0.3 is 10.6 Å². The Balaban J connectivity index is 1.88. The van der Waals surface area contributed by atoms with E-state index in [1.807, 2.05) is 0 Å². The van der Waals surface area contributed by atoms with Crippen molar-refractivity contribution in [3.05, 3.63) is 82.8 Å². The van der Waals surface area contributed by atoms with E-state index >= 15 is 0 Å². The van der Waals surface area contributed by atoms with Gasteiger partial charge in [-0.05, 0) is 75.5 Å². The van der Waals surface area contributed by atoms with E-state index in [1.54, 1.807) is 43.3 Å². The summed E-state index contributed by atoms with van der Waals surface area (Å²) in [5.41, 5.74) is 2.87. The molecule has 5 nitrogen and oxygen atoms in total. The van der Waals surface area contributed by atoms with Gasteiger partial charge in [0.25, 0.3) is 0 Å². The topological polar surface area (TPSA) is 82.0 Å². The number of allylic oxidation sites excluding steroid dienone is 3. The van der Waals surface area contributed by atoms with Crippen molar-refractivity contribution in [1.82, 2.24) is 5.32 Å². The number of nitriles is 1. The summed E-state index contributed by atoms with van der Waals surface area (Å²) in [7, 11) is 0. The molecule has 1 aliphatic heterocycles. The first kappa shape index (κ1) is 25.9. The average Bonchev–Trinajstić information content (AvgIpc) is 2.74. The number of nitrogens with zero attached hydrogens (tertiary/aromatic N) is 1. The monoisotopic (exact) mass is 627 g/mol. The number of Topliss-reactive ketones (excluding diaryl/α,β-unsaturated/α-hetero) is 1. The second kappa shape index (κ2) is 11.1. The zero-order valence-electron chi connectivity index (χ0n) is 17.4. The molecule has 170 valence electrons. The molecule has 1 heterocycles. The highest BCUT2D eigenvalue weighted by molar-refractivity contribution is 9.11. The minimum absolute atomic E-state index is 0.0467. The van der Waals surface area contributed by atoms with Crippen LogP contribution < -0.4 is 10.6 Å². The Labute approximate surface area is 222 Å². The summed E-state index contributed by atoms with van der Waals surface area (Å²) in [6.07, 6.45) is 0. The van der Waals surface area contributed by atoms with E-state index in [4.69, 9.17) is 23.2 Å². The number of anilines is 1. The van der Waals surface area contributed by atoms with E-state index in [0.717, 1.165) is 5.56 Å². The third-order valence-electron chi connectivity index (χ3n) is 4.85. The summed E-state index contributed by atoms with van der Waals surface area (Å²) in [5.74, 6) is -0.897. The largest absolute Gasteiger partial charge is 0.353 e. The third-order valence-corrected chi connectivity index (χ3v) is 7.59. The fourth-order valence-electron chi connectivity index (χ4n) is 3.46. The minimum atomic E-state index is -0.545. The van der Waals surface area contributed by atoms with Gasteiger partial charge in [-0.1, -0.05) is 47.1 Å². The van der Waals surface area contributed by atoms with Crippen molar-refractivity contribution in [2.45, 2.75) is 19.8 Å². The number of amides is 1. The number of ketones is 1. The predicted molar refractivity (Wildman–Crippen MR) is 141 cm³/mol. The molecule has 0 aliphatic carbocycles. The van der Waals surface area contributed by atoms with Crippen LogP contribution in [-0.2, 0) is 9.59 Å². The molecule has 0 saturated heterocycles. The van der Waals surface area contributed by atoms with Crippen LogP contribution in [0, 0.1) is 11.3 Å². The molecular formula is C23H17Br2Cl2N3O2S. The number of benzene rings is 2. The summed E-state index contributed by atoms with van der Waals surface area (Å²) in [5, 5.41) is 17.6. The maximum Gasteiger partial charge on any atom is 0.234 e. The molecule has 33 heavy (non-hydrogen) atoms. The normalized spacial score (nSPS) is 15.7. The number of hydrogen-bond donors (Lipinski definition) is 2. The zero-order chi connectivity index (χ0) is 24.3. The van der Waals surface area contributed by atoms with Crippen LogP contribution in [0.5, 0.6) is 0 Å². The summed E-state index contributed by atoms with van der Waals surface area (Å²) in [6, 6.07) is 12.7. The molecule has 0 aromatic heterocycles. The molecular weight excluding hydrogens is 613 g/mol. The fourth-order valence-corrected chi connectivity index (χ4v) is 6.34. The van der Waals surface area contributed by atoms with Gasteiger partial charge in [-0.2, -0.15) is 5.26 Å². The molecule has 2 aromatic rings. The van der Waals surface area contributed by atoms with Crippen molar-refractivity contribution < 1.29 is 9.59 Å². The number of thioether (sulfide) groups is 1. The van der Waals surface area contributed by atoms with E-state index in [2.05, 4.69) is 48.6 Å². The zero-order valence-corrected chi connectivity index (χ0v) is 22.9. The average molecular weight is 630 g/mol. The molecule has 0 unspecified atom stereocenters. The van der Waals surface area contributed by atoms with Gasteiger partial charge in [-0.25, -0.2) is 0 Å². The lowest BCUT2D eigenvalue weighted by molar-refractivity contribution is -0.114. The summed E-state index contributed by atoms with van der Waals surface area (Å²) in [4.78, 5) is 25.1. The Bertz CT molecular complexity index is 1210. The molecule has 0 fully saturated rings. The molecule has 0 bridgehead atoms. The van der Waals surface area contributed by atoms with Gasteiger partial charge in [0, 0.05) is 30.3 Å². The van der Waals surface area contributed by atoms with Crippen molar-refractivity contribution in [3.8, 4) is 6.07 Å². The molecule has 3 rings (SSSR count). The van der Waals surface area contributed by atoms with Gasteiger partial charge in [-0.15, -0.1) is 0 Å². The molecule has 1 amide bonds. The van der Waals surface area contributed by atoms with Gasteiger partial charge in [0.05, 0.1) is 34.0 Å². The van der Waals surface area contributed by atoms with Gasteiger partial charge in [0.2, 0.25) is 5.91 Å². The summed E-state index contributed by atoms with van der Waals surface area (Å²) >= 11 is 20.0. The third kappa shape index (κ3) is 6.03. The van der Waals surface area contributed by atoms with Crippen LogP contribution in [0.15, 0.2) is 67.2 Å². The van der Waals surface area contributed by atoms with Gasteiger partial charge in [0.1, 0.15) is 0 Å². The Kier molecular flexibility index (Phi) is 8.70. The number of rotatable bonds is 6. The first-order valence-corrected chi connectivity index (χ1v) is 12.9. The molecule has 0 radical (unpaired) electrons. The SMILES string of the molecule is CC(=O)C1=C(C)NC(SCC(=O)Nc2c(Br)cc(Cl)cc2Br)=C(C#N)[C@@H]1c1ccc(Cl)cc1. The standard InChI is InChI=1S/C23H17Br2Cl2N3O2S/c1-11-20(12(2)31)21(13-3-5-14(26)6-4-13)16(9-28)23(29-11)33-10-19(32)30-22-17(24)7-15(27)8-18(22)25/h3-8,21,29H,10H2,1-2H3,(H,30,32)/t21-/m0/s1. The highest BCUT2D eigenvalue weighted by atomic mass is 79.9. The lowest BCUT2D eigenvalue weighted by Crippen LogP contribution is -2.27. The predicted octanol–water partition coefficient (Wildman–Crippen LogP) is 7.18. The molecule has 1 atom stereocenters. The maximum absolute atomic E-state index is 12.7. The molecule has 0 spiro atoms. The number of carbonyl (C=O) groups excluding carboxylic acids is 2. The first-order valence-electron chi connectivity index (χ1n) is 9.58. The number of nitrogens with one attached hydrogen (secondary N) is 2. The van der Waals surface area contributed by atoms with E-state index < -0.39 is 5.92 Å². The highest BCUT2D eigenvalue weighted by Crippen LogP contribution is 2.41. The number of dihydropyridines is 1. The van der Waals surface area contributed by atoms with Gasteiger partial charge in [-0.3, -0.25) is 9.59 Å². The summed E-state index contributed by atoms with van der Waals surface area (Å²) < 4.78 is 1.28. The Morgan fingerprint density at radius 1 is 1.15 bits per heavy atom. The first-order chi connectivity index (χ1) is 15.6.